The Hall–Kier alpha value is -3.48. The van der Waals surface area contributed by atoms with Gasteiger partial charge in [0.15, 0.2) is 0 Å². The van der Waals surface area contributed by atoms with E-state index in [1.165, 1.54) is 36.4 Å². The highest BCUT2D eigenvalue weighted by atomic mass is 19.1. The number of halogens is 2. The number of amides is 1. The predicted molar refractivity (Wildman–Crippen MR) is 106 cm³/mol. The van der Waals surface area contributed by atoms with Gasteiger partial charge in [-0.05, 0) is 61.9 Å². The summed E-state index contributed by atoms with van der Waals surface area (Å²) in [6.45, 7) is 5.78. The minimum absolute atomic E-state index is 0.119. The third-order valence-electron chi connectivity index (χ3n) is 4.28. The van der Waals surface area contributed by atoms with Crippen molar-refractivity contribution in [3.8, 4) is 17.3 Å². The van der Waals surface area contributed by atoms with Gasteiger partial charge in [0, 0.05) is 18.5 Å². The van der Waals surface area contributed by atoms with Crippen molar-refractivity contribution >= 4 is 5.91 Å². The number of hydrogen-bond acceptors (Lipinski definition) is 3. The van der Waals surface area contributed by atoms with E-state index >= 15 is 0 Å². The van der Waals surface area contributed by atoms with Gasteiger partial charge in [-0.25, -0.2) is 13.5 Å². The number of ether oxygens (including phenoxy) is 1. The summed E-state index contributed by atoms with van der Waals surface area (Å²) in [5, 5.41) is 7.25. The van der Waals surface area contributed by atoms with Gasteiger partial charge in [0.1, 0.15) is 17.4 Å². The standard InChI is InChI=1S/C22H21F2N3O2/c1-3-14-25-21(28)13-12-20-15(2)26-27(18-8-4-16(23)5-9-18)22(20)29-19-10-6-17(24)7-11-19/h3-11H,1,12-14H2,2H3,(H,25,28). The van der Waals surface area contributed by atoms with Crippen LogP contribution >= 0.6 is 0 Å². The molecule has 0 saturated heterocycles. The van der Waals surface area contributed by atoms with E-state index < -0.39 is 0 Å². The van der Waals surface area contributed by atoms with Gasteiger partial charge in [-0.1, -0.05) is 6.08 Å². The molecule has 0 fully saturated rings. The summed E-state index contributed by atoms with van der Waals surface area (Å²) in [4.78, 5) is 12.0. The molecule has 0 unspecified atom stereocenters. The zero-order valence-corrected chi connectivity index (χ0v) is 16.0. The van der Waals surface area contributed by atoms with Gasteiger partial charge in [0.05, 0.1) is 11.4 Å². The fraction of sp³-hybridized carbons (Fsp3) is 0.182. The van der Waals surface area contributed by atoms with Crippen molar-refractivity contribution in [3.05, 3.63) is 84.1 Å². The van der Waals surface area contributed by atoms with Gasteiger partial charge >= 0.3 is 0 Å². The van der Waals surface area contributed by atoms with Gasteiger partial charge in [-0.15, -0.1) is 6.58 Å². The van der Waals surface area contributed by atoms with Crippen LogP contribution in [0.15, 0.2) is 61.2 Å². The first kappa shape index (κ1) is 20.3. The Balaban J connectivity index is 1.95. The topological polar surface area (TPSA) is 56.2 Å². The molecule has 3 rings (SSSR count). The van der Waals surface area contributed by atoms with Crippen LogP contribution in [0.5, 0.6) is 11.6 Å². The van der Waals surface area contributed by atoms with Crippen LogP contribution in [0.1, 0.15) is 17.7 Å². The maximum absolute atomic E-state index is 13.3. The largest absolute Gasteiger partial charge is 0.439 e. The fourth-order valence-electron chi connectivity index (χ4n) is 2.82. The van der Waals surface area contributed by atoms with Gasteiger partial charge in [0.2, 0.25) is 11.8 Å². The molecule has 0 aliphatic carbocycles. The minimum atomic E-state index is -0.375. The average Bonchev–Trinajstić information content (AvgIpc) is 3.02. The van der Waals surface area contributed by atoms with Crippen molar-refractivity contribution in [2.45, 2.75) is 19.8 Å². The normalized spacial score (nSPS) is 10.6. The van der Waals surface area contributed by atoms with Crippen molar-refractivity contribution in [2.24, 2.45) is 0 Å². The first-order chi connectivity index (χ1) is 14.0. The van der Waals surface area contributed by atoms with Gasteiger partial charge in [-0.3, -0.25) is 4.79 Å². The summed E-state index contributed by atoms with van der Waals surface area (Å²) in [6.07, 6.45) is 2.24. The zero-order valence-electron chi connectivity index (χ0n) is 16.0. The zero-order chi connectivity index (χ0) is 20.8. The Morgan fingerprint density at radius 3 is 2.38 bits per heavy atom. The van der Waals surface area contributed by atoms with E-state index in [-0.39, 0.29) is 24.0 Å². The molecule has 0 radical (unpaired) electrons. The number of rotatable bonds is 8. The predicted octanol–water partition coefficient (Wildman–Crippen LogP) is 4.49. The molecule has 1 N–H and O–H groups in total. The molecular weight excluding hydrogens is 376 g/mol. The highest BCUT2D eigenvalue weighted by Gasteiger charge is 2.20. The van der Waals surface area contributed by atoms with Crippen molar-refractivity contribution < 1.29 is 18.3 Å². The molecule has 0 atom stereocenters. The molecule has 0 aliphatic heterocycles. The molecule has 5 nitrogen and oxygen atoms in total. The highest BCUT2D eigenvalue weighted by Crippen LogP contribution is 2.31. The van der Waals surface area contributed by atoms with Crippen LogP contribution in [0.3, 0.4) is 0 Å². The van der Waals surface area contributed by atoms with E-state index in [9.17, 15) is 13.6 Å². The molecule has 3 aromatic rings. The van der Waals surface area contributed by atoms with Crippen LogP contribution in [0, 0.1) is 18.6 Å². The van der Waals surface area contributed by atoms with Crippen LogP contribution in [0.25, 0.3) is 5.69 Å². The maximum Gasteiger partial charge on any atom is 0.226 e. The number of nitrogens with one attached hydrogen (secondary N) is 1. The van der Waals surface area contributed by atoms with Crippen molar-refractivity contribution in [2.75, 3.05) is 6.54 Å². The van der Waals surface area contributed by atoms with E-state index in [0.29, 0.717) is 36.0 Å². The Kier molecular flexibility index (Phi) is 6.39. The summed E-state index contributed by atoms with van der Waals surface area (Å²) in [5.74, 6) is -0.0340. The number of benzene rings is 2. The quantitative estimate of drug-likeness (QED) is 0.570. The second-order valence-electron chi connectivity index (χ2n) is 6.41. The molecule has 1 amide bonds. The van der Waals surface area contributed by atoms with Gasteiger partial charge in [-0.2, -0.15) is 5.10 Å². The van der Waals surface area contributed by atoms with E-state index in [4.69, 9.17) is 4.74 Å². The number of nitrogens with zero attached hydrogens (tertiary/aromatic N) is 2. The van der Waals surface area contributed by atoms with Crippen molar-refractivity contribution in [3.63, 3.8) is 0 Å². The van der Waals surface area contributed by atoms with E-state index in [0.717, 1.165) is 5.56 Å². The van der Waals surface area contributed by atoms with Crippen molar-refractivity contribution in [1.29, 1.82) is 0 Å². The van der Waals surface area contributed by atoms with E-state index in [1.54, 1.807) is 22.9 Å². The van der Waals surface area contributed by atoms with E-state index in [2.05, 4.69) is 17.0 Å². The fourth-order valence-corrected chi connectivity index (χ4v) is 2.82. The monoisotopic (exact) mass is 397 g/mol. The molecule has 0 aliphatic rings. The summed E-state index contributed by atoms with van der Waals surface area (Å²) >= 11 is 0. The summed E-state index contributed by atoms with van der Waals surface area (Å²) in [6, 6.07) is 11.4. The first-order valence-electron chi connectivity index (χ1n) is 9.13. The third kappa shape index (κ3) is 5.07. The third-order valence-corrected chi connectivity index (χ3v) is 4.28. The van der Waals surface area contributed by atoms with Crippen LogP contribution < -0.4 is 10.1 Å². The molecule has 0 saturated carbocycles. The van der Waals surface area contributed by atoms with Crippen LogP contribution in [0.4, 0.5) is 8.78 Å². The number of aromatic nitrogens is 2. The summed E-state index contributed by atoms with van der Waals surface area (Å²) in [7, 11) is 0. The molecule has 150 valence electrons. The summed E-state index contributed by atoms with van der Waals surface area (Å²) < 4.78 is 34.1. The summed E-state index contributed by atoms with van der Waals surface area (Å²) in [5.41, 5.74) is 2.03. The number of hydrogen-bond donors (Lipinski definition) is 1. The molecular formula is C22H21F2N3O2. The maximum atomic E-state index is 13.3. The second-order valence-corrected chi connectivity index (χ2v) is 6.41. The van der Waals surface area contributed by atoms with Gasteiger partial charge < -0.3 is 10.1 Å². The SMILES string of the molecule is C=CCNC(=O)CCc1c(C)nn(-c2ccc(F)cc2)c1Oc1ccc(F)cc1. The molecule has 1 heterocycles. The minimum Gasteiger partial charge on any atom is -0.439 e. The number of aryl methyl sites for hydroxylation is 1. The molecule has 7 heteroatoms. The highest BCUT2D eigenvalue weighted by molar-refractivity contribution is 5.76. The lowest BCUT2D eigenvalue weighted by molar-refractivity contribution is -0.120. The lowest BCUT2D eigenvalue weighted by Gasteiger charge is -2.11. The number of carbonyl (C=O) groups excluding carboxylic acids is 1. The van der Waals surface area contributed by atoms with Gasteiger partial charge in [0.25, 0.3) is 0 Å². The van der Waals surface area contributed by atoms with E-state index in [1.807, 2.05) is 6.92 Å². The lowest BCUT2D eigenvalue weighted by Crippen LogP contribution is -2.23. The Labute approximate surface area is 167 Å². The average molecular weight is 397 g/mol. The Morgan fingerprint density at radius 1 is 1.14 bits per heavy atom. The molecule has 2 aromatic carbocycles. The lowest BCUT2D eigenvalue weighted by atomic mass is 10.1. The molecule has 29 heavy (non-hydrogen) atoms. The van der Waals surface area contributed by atoms with Crippen LogP contribution in [0.2, 0.25) is 0 Å². The van der Waals surface area contributed by atoms with Crippen molar-refractivity contribution in [1.82, 2.24) is 15.1 Å². The molecule has 0 spiro atoms. The first-order valence-corrected chi connectivity index (χ1v) is 9.13. The van der Waals surface area contributed by atoms with Crippen LogP contribution in [-0.2, 0) is 11.2 Å². The number of carbonyl (C=O) groups is 1. The molecule has 1 aromatic heterocycles. The smallest absolute Gasteiger partial charge is 0.226 e. The Morgan fingerprint density at radius 2 is 1.76 bits per heavy atom. The second kappa shape index (κ2) is 9.14. The molecule has 0 bridgehead atoms. The Bertz CT molecular complexity index is 996. The van der Waals surface area contributed by atoms with Crippen LogP contribution in [-0.4, -0.2) is 22.2 Å².